The molecule has 5 nitrogen and oxygen atoms in total. The number of amides is 1. The second kappa shape index (κ2) is 8.55. The Morgan fingerprint density at radius 2 is 1.69 bits per heavy atom. The Hall–Kier alpha value is -4.12. The lowest BCUT2D eigenvalue weighted by molar-refractivity contribution is -0.116. The maximum Gasteiger partial charge on any atom is 0.226 e. The van der Waals surface area contributed by atoms with E-state index in [1.165, 1.54) is 0 Å². The number of para-hydroxylation sites is 1. The zero-order valence-corrected chi connectivity index (χ0v) is 17.6. The maximum atomic E-state index is 12.8. The highest BCUT2D eigenvalue weighted by molar-refractivity contribution is 5.96. The normalized spacial score (nSPS) is 15.0. The lowest BCUT2D eigenvalue weighted by Crippen LogP contribution is -2.24. The summed E-state index contributed by atoms with van der Waals surface area (Å²) in [6, 6.07) is 27.9. The van der Waals surface area contributed by atoms with Crippen LogP contribution >= 0.6 is 0 Å². The molecule has 0 bridgehead atoms. The molecule has 0 saturated carbocycles. The molecule has 0 aliphatic carbocycles. The number of hydrogen-bond acceptors (Lipinski definition) is 3. The fourth-order valence-electron chi connectivity index (χ4n) is 4.15. The highest BCUT2D eigenvalue weighted by Crippen LogP contribution is 2.44. The first kappa shape index (κ1) is 19.8. The van der Waals surface area contributed by atoms with Crippen molar-refractivity contribution in [2.45, 2.75) is 12.3 Å². The summed E-state index contributed by atoms with van der Waals surface area (Å²) in [6.45, 7) is 4.14. The molecule has 3 aromatic carbocycles. The Kier molecular flexibility index (Phi) is 5.30. The number of aromatic nitrogens is 2. The van der Waals surface area contributed by atoms with Crippen molar-refractivity contribution in [3.63, 3.8) is 0 Å². The molecule has 0 fully saturated rings. The monoisotopic (exact) mass is 421 g/mol. The summed E-state index contributed by atoms with van der Waals surface area (Å²) in [5, 5.41) is 8.05. The molecule has 1 N–H and O–H groups in total. The Balaban J connectivity index is 1.66. The van der Waals surface area contributed by atoms with E-state index in [-0.39, 0.29) is 11.8 Å². The molecule has 1 amide bonds. The molecule has 5 rings (SSSR count). The van der Waals surface area contributed by atoms with Gasteiger partial charge in [-0.05, 0) is 29.8 Å². The lowest BCUT2D eigenvalue weighted by atomic mass is 9.84. The summed E-state index contributed by atoms with van der Waals surface area (Å²) >= 11 is 0. The predicted molar refractivity (Wildman–Crippen MR) is 126 cm³/mol. The summed E-state index contributed by atoms with van der Waals surface area (Å²) in [5.41, 5.74) is 4.88. The SMILES string of the molecule is C=CCOc1ccc([C@H]2CC(=O)Nc3c2c(-c2ccccc2)nn3-c2ccccc2)cc1. The van der Waals surface area contributed by atoms with E-state index in [2.05, 4.69) is 24.0 Å². The number of benzene rings is 3. The molecule has 2 heterocycles. The van der Waals surface area contributed by atoms with E-state index in [9.17, 15) is 4.79 Å². The molecule has 0 saturated heterocycles. The van der Waals surface area contributed by atoms with Gasteiger partial charge in [0.2, 0.25) is 5.91 Å². The zero-order chi connectivity index (χ0) is 21.9. The topological polar surface area (TPSA) is 56.1 Å². The van der Waals surface area contributed by atoms with Crippen molar-refractivity contribution in [3.05, 3.63) is 109 Å². The van der Waals surface area contributed by atoms with Crippen molar-refractivity contribution in [1.29, 1.82) is 0 Å². The van der Waals surface area contributed by atoms with E-state index in [1.54, 1.807) is 6.08 Å². The molecule has 0 unspecified atom stereocenters. The molecule has 1 aliphatic rings. The van der Waals surface area contributed by atoms with Crippen molar-refractivity contribution in [2.75, 3.05) is 11.9 Å². The number of rotatable bonds is 6. The molecule has 1 atom stereocenters. The number of nitrogens with zero attached hydrogens (tertiary/aromatic N) is 2. The van der Waals surface area contributed by atoms with E-state index >= 15 is 0 Å². The second-order valence-electron chi connectivity index (χ2n) is 7.70. The molecule has 4 aromatic rings. The summed E-state index contributed by atoms with van der Waals surface area (Å²) in [4.78, 5) is 12.8. The van der Waals surface area contributed by atoms with Gasteiger partial charge in [0.1, 0.15) is 18.2 Å². The van der Waals surface area contributed by atoms with Crippen molar-refractivity contribution in [2.24, 2.45) is 0 Å². The second-order valence-corrected chi connectivity index (χ2v) is 7.70. The van der Waals surface area contributed by atoms with Crippen molar-refractivity contribution in [3.8, 4) is 22.7 Å². The van der Waals surface area contributed by atoms with Crippen LogP contribution in [0.2, 0.25) is 0 Å². The molecule has 32 heavy (non-hydrogen) atoms. The van der Waals surface area contributed by atoms with E-state index in [1.807, 2.05) is 77.5 Å². The van der Waals surface area contributed by atoms with Gasteiger partial charge in [0.15, 0.2) is 0 Å². The highest BCUT2D eigenvalue weighted by atomic mass is 16.5. The van der Waals surface area contributed by atoms with Crippen molar-refractivity contribution >= 4 is 11.7 Å². The number of carbonyl (C=O) groups is 1. The minimum Gasteiger partial charge on any atom is -0.490 e. The molecule has 0 spiro atoms. The average Bonchev–Trinajstić information content (AvgIpc) is 3.23. The van der Waals surface area contributed by atoms with E-state index in [0.717, 1.165) is 39.6 Å². The van der Waals surface area contributed by atoms with Gasteiger partial charge in [-0.3, -0.25) is 4.79 Å². The molecule has 5 heteroatoms. The zero-order valence-electron chi connectivity index (χ0n) is 17.6. The van der Waals surface area contributed by atoms with E-state index in [0.29, 0.717) is 13.0 Å². The lowest BCUT2D eigenvalue weighted by Gasteiger charge is -2.25. The van der Waals surface area contributed by atoms with Crippen LogP contribution < -0.4 is 10.1 Å². The molecule has 158 valence electrons. The van der Waals surface area contributed by atoms with Crippen LogP contribution in [0.1, 0.15) is 23.5 Å². The van der Waals surface area contributed by atoms with Gasteiger partial charge in [-0.2, -0.15) is 5.10 Å². The van der Waals surface area contributed by atoms with Gasteiger partial charge in [-0.15, -0.1) is 0 Å². The number of anilines is 1. The first-order valence-electron chi connectivity index (χ1n) is 10.6. The molecule has 0 radical (unpaired) electrons. The molecular formula is C27H23N3O2. The maximum absolute atomic E-state index is 12.8. The number of carbonyl (C=O) groups excluding carboxylic acids is 1. The van der Waals surface area contributed by atoms with Crippen LogP contribution in [0.25, 0.3) is 16.9 Å². The van der Waals surface area contributed by atoms with E-state index < -0.39 is 0 Å². The fraction of sp³-hybridized carbons (Fsp3) is 0.111. The van der Waals surface area contributed by atoms with Gasteiger partial charge in [0.25, 0.3) is 0 Å². The van der Waals surface area contributed by atoms with Gasteiger partial charge in [-0.25, -0.2) is 4.68 Å². The summed E-state index contributed by atoms with van der Waals surface area (Å²) in [7, 11) is 0. The first-order valence-corrected chi connectivity index (χ1v) is 10.6. The Bertz CT molecular complexity index is 1250. The predicted octanol–water partition coefficient (Wildman–Crippen LogP) is 5.58. The van der Waals surface area contributed by atoms with Crippen LogP contribution in [-0.4, -0.2) is 22.3 Å². The third kappa shape index (κ3) is 3.69. The van der Waals surface area contributed by atoms with Gasteiger partial charge < -0.3 is 10.1 Å². The van der Waals surface area contributed by atoms with Crippen molar-refractivity contribution < 1.29 is 9.53 Å². The summed E-state index contributed by atoms with van der Waals surface area (Å²) in [6.07, 6.45) is 2.08. The third-order valence-electron chi connectivity index (χ3n) is 5.62. The Morgan fingerprint density at radius 1 is 1.00 bits per heavy atom. The first-order chi connectivity index (χ1) is 15.7. The van der Waals surface area contributed by atoms with Gasteiger partial charge in [0, 0.05) is 23.5 Å². The van der Waals surface area contributed by atoms with Crippen molar-refractivity contribution in [1.82, 2.24) is 9.78 Å². The number of fused-ring (bicyclic) bond motifs is 1. The number of ether oxygens (including phenoxy) is 1. The largest absolute Gasteiger partial charge is 0.490 e. The van der Waals surface area contributed by atoms with Gasteiger partial charge in [-0.1, -0.05) is 73.3 Å². The highest BCUT2D eigenvalue weighted by Gasteiger charge is 2.34. The number of nitrogens with one attached hydrogen (secondary N) is 1. The quantitative estimate of drug-likeness (QED) is 0.414. The van der Waals surface area contributed by atoms with Crippen LogP contribution in [0.3, 0.4) is 0 Å². The Morgan fingerprint density at radius 3 is 2.38 bits per heavy atom. The van der Waals surface area contributed by atoms with Crippen LogP contribution in [-0.2, 0) is 4.79 Å². The standard InChI is InChI=1S/C27H23N3O2/c1-2-17-32-22-15-13-19(14-16-22)23-18-24(31)28-27-25(23)26(20-9-5-3-6-10-20)29-30(27)21-11-7-4-8-12-21/h2-16,23H,1,17-18H2,(H,28,31)/t23-/m1/s1. The van der Waals surface area contributed by atoms with Crippen LogP contribution in [0, 0.1) is 0 Å². The fourth-order valence-corrected chi connectivity index (χ4v) is 4.15. The molecular weight excluding hydrogens is 398 g/mol. The van der Waals surface area contributed by atoms with Crippen LogP contribution in [0.15, 0.2) is 97.6 Å². The van der Waals surface area contributed by atoms with Crippen LogP contribution in [0.4, 0.5) is 5.82 Å². The average molecular weight is 422 g/mol. The molecule has 1 aromatic heterocycles. The summed E-state index contributed by atoms with van der Waals surface area (Å²) < 4.78 is 7.47. The number of hydrogen-bond donors (Lipinski definition) is 1. The van der Waals surface area contributed by atoms with E-state index in [4.69, 9.17) is 9.84 Å². The smallest absolute Gasteiger partial charge is 0.226 e. The molecule has 1 aliphatic heterocycles. The Labute approximate surface area is 187 Å². The van der Waals surface area contributed by atoms with Gasteiger partial charge >= 0.3 is 0 Å². The van der Waals surface area contributed by atoms with Crippen LogP contribution in [0.5, 0.6) is 5.75 Å². The van der Waals surface area contributed by atoms with Gasteiger partial charge in [0.05, 0.1) is 11.4 Å². The summed E-state index contributed by atoms with van der Waals surface area (Å²) in [5.74, 6) is 1.37. The minimum atomic E-state index is -0.111. The third-order valence-corrected chi connectivity index (χ3v) is 5.62. The minimum absolute atomic E-state index is 0.0221.